The molecule has 0 radical (unpaired) electrons. The van der Waals surface area contributed by atoms with Gasteiger partial charge >= 0.3 is 0 Å². The van der Waals surface area contributed by atoms with E-state index in [2.05, 4.69) is 0 Å². The number of benzene rings is 1. The second-order valence-corrected chi connectivity index (χ2v) is 3.28. The van der Waals surface area contributed by atoms with E-state index in [1.54, 1.807) is 12.1 Å². The van der Waals surface area contributed by atoms with Crippen LogP contribution >= 0.6 is 0 Å². The van der Waals surface area contributed by atoms with E-state index in [-0.39, 0.29) is 5.56 Å². The molecule has 0 aromatic heterocycles. The summed E-state index contributed by atoms with van der Waals surface area (Å²) in [6.45, 7) is 1.24. The number of nitrogens with zero attached hydrogens (tertiary/aromatic N) is 1. The SMILES string of the molecule is CC(N)(c1cccc(C#N)c1)C(F)F. The summed E-state index contributed by atoms with van der Waals surface area (Å²) >= 11 is 0. The van der Waals surface area contributed by atoms with Gasteiger partial charge in [0.15, 0.2) is 0 Å². The van der Waals surface area contributed by atoms with Gasteiger partial charge in [0.25, 0.3) is 6.43 Å². The summed E-state index contributed by atoms with van der Waals surface area (Å²) in [6.07, 6.45) is -2.66. The van der Waals surface area contributed by atoms with E-state index in [1.165, 1.54) is 19.1 Å². The molecule has 0 aliphatic heterocycles. The van der Waals surface area contributed by atoms with Crippen molar-refractivity contribution >= 4 is 0 Å². The largest absolute Gasteiger partial charge is 0.317 e. The fraction of sp³-hybridized carbons (Fsp3) is 0.300. The highest BCUT2D eigenvalue weighted by atomic mass is 19.3. The predicted molar refractivity (Wildman–Crippen MR) is 48.7 cm³/mol. The Kier molecular flexibility index (Phi) is 2.82. The summed E-state index contributed by atoms with van der Waals surface area (Å²) in [4.78, 5) is 0. The lowest BCUT2D eigenvalue weighted by Gasteiger charge is -2.23. The lowest BCUT2D eigenvalue weighted by Crippen LogP contribution is -2.40. The number of halogens is 2. The highest BCUT2D eigenvalue weighted by Crippen LogP contribution is 2.25. The van der Waals surface area contributed by atoms with Gasteiger partial charge in [-0.2, -0.15) is 5.26 Å². The molecular formula is C10H10F2N2. The first-order chi connectivity index (χ1) is 6.48. The van der Waals surface area contributed by atoms with Gasteiger partial charge < -0.3 is 5.73 Å². The molecule has 1 atom stereocenters. The number of hydrogen-bond acceptors (Lipinski definition) is 2. The molecule has 0 saturated carbocycles. The van der Waals surface area contributed by atoms with Gasteiger partial charge in [-0.25, -0.2) is 8.78 Å². The first kappa shape index (κ1) is 10.6. The maximum absolute atomic E-state index is 12.5. The molecule has 1 unspecified atom stereocenters. The Bertz CT molecular complexity index is 367. The molecule has 1 rings (SSSR count). The first-order valence-corrected chi connectivity index (χ1v) is 4.06. The molecule has 0 heterocycles. The molecule has 0 saturated heterocycles. The minimum absolute atomic E-state index is 0.270. The van der Waals surface area contributed by atoms with Crippen LogP contribution in [0.15, 0.2) is 24.3 Å². The van der Waals surface area contributed by atoms with Crippen molar-refractivity contribution in [3.63, 3.8) is 0 Å². The van der Waals surface area contributed by atoms with Gasteiger partial charge in [0, 0.05) is 0 Å². The second kappa shape index (κ2) is 3.72. The van der Waals surface area contributed by atoms with Crippen molar-refractivity contribution in [2.45, 2.75) is 18.9 Å². The fourth-order valence-electron chi connectivity index (χ4n) is 1.05. The van der Waals surface area contributed by atoms with E-state index in [4.69, 9.17) is 11.0 Å². The van der Waals surface area contributed by atoms with Crippen molar-refractivity contribution in [3.8, 4) is 6.07 Å². The molecule has 0 fully saturated rings. The van der Waals surface area contributed by atoms with Gasteiger partial charge in [-0.1, -0.05) is 12.1 Å². The van der Waals surface area contributed by atoms with Crippen molar-refractivity contribution in [2.75, 3.05) is 0 Å². The third-order valence-electron chi connectivity index (χ3n) is 2.07. The summed E-state index contributed by atoms with van der Waals surface area (Å²) in [7, 11) is 0. The van der Waals surface area contributed by atoms with Crippen LogP contribution in [0.3, 0.4) is 0 Å². The molecule has 0 aliphatic rings. The van der Waals surface area contributed by atoms with Gasteiger partial charge in [0.1, 0.15) is 0 Å². The maximum atomic E-state index is 12.5. The Morgan fingerprint density at radius 3 is 2.64 bits per heavy atom. The zero-order valence-electron chi connectivity index (χ0n) is 7.67. The molecule has 1 aromatic carbocycles. The average molecular weight is 196 g/mol. The normalized spacial score (nSPS) is 14.9. The summed E-state index contributed by atoms with van der Waals surface area (Å²) in [5.74, 6) is 0. The van der Waals surface area contributed by atoms with Crippen molar-refractivity contribution in [2.24, 2.45) is 5.73 Å². The van der Waals surface area contributed by atoms with E-state index >= 15 is 0 Å². The minimum Gasteiger partial charge on any atom is -0.317 e. The van der Waals surface area contributed by atoms with Gasteiger partial charge in [0.05, 0.1) is 17.2 Å². The van der Waals surface area contributed by atoms with E-state index in [0.717, 1.165) is 0 Å². The van der Waals surface area contributed by atoms with Crippen LogP contribution < -0.4 is 5.73 Å². The monoisotopic (exact) mass is 196 g/mol. The van der Waals surface area contributed by atoms with E-state index in [9.17, 15) is 8.78 Å². The zero-order chi connectivity index (χ0) is 10.8. The van der Waals surface area contributed by atoms with Crippen LogP contribution in [-0.4, -0.2) is 6.43 Å². The summed E-state index contributed by atoms with van der Waals surface area (Å²) in [5.41, 5.74) is 4.35. The number of alkyl halides is 2. The van der Waals surface area contributed by atoms with Crippen molar-refractivity contribution in [1.29, 1.82) is 5.26 Å². The molecule has 2 N–H and O–H groups in total. The van der Waals surface area contributed by atoms with Gasteiger partial charge in [0.2, 0.25) is 0 Å². The summed E-state index contributed by atoms with van der Waals surface area (Å²) < 4.78 is 25.1. The highest BCUT2D eigenvalue weighted by Gasteiger charge is 2.32. The molecule has 0 aliphatic carbocycles. The number of hydrogen-bond donors (Lipinski definition) is 1. The number of nitrogens with two attached hydrogens (primary N) is 1. The summed E-state index contributed by atoms with van der Waals surface area (Å²) in [6, 6.07) is 7.84. The Morgan fingerprint density at radius 1 is 1.50 bits per heavy atom. The third kappa shape index (κ3) is 1.88. The molecular weight excluding hydrogens is 186 g/mol. The zero-order valence-corrected chi connectivity index (χ0v) is 7.67. The molecule has 14 heavy (non-hydrogen) atoms. The van der Waals surface area contributed by atoms with Crippen molar-refractivity contribution in [3.05, 3.63) is 35.4 Å². The number of nitriles is 1. The topological polar surface area (TPSA) is 49.8 Å². The summed E-state index contributed by atoms with van der Waals surface area (Å²) in [5, 5.41) is 8.59. The van der Waals surface area contributed by atoms with Gasteiger partial charge in [-0.3, -0.25) is 0 Å². The standard InChI is InChI=1S/C10H10F2N2/c1-10(14,9(11)12)8-4-2-3-7(5-8)6-13/h2-5,9H,14H2,1H3. The van der Waals surface area contributed by atoms with Crippen LogP contribution in [0.4, 0.5) is 8.78 Å². The average Bonchev–Trinajstić information content (AvgIpc) is 2.17. The quantitative estimate of drug-likeness (QED) is 0.786. The molecule has 0 spiro atoms. The Balaban J connectivity index is 3.14. The smallest absolute Gasteiger partial charge is 0.260 e. The molecule has 0 amide bonds. The van der Waals surface area contributed by atoms with Crippen LogP contribution in [0.25, 0.3) is 0 Å². The molecule has 0 bridgehead atoms. The molecule has 74 valence electrons. The lowest BCUT2D eigenvalue weighted by atomic mass is 9.92. The second-order valence-electron chi connectivity index (χ2n) is 3.28. The third-order valence-corrected chi connectivity index (χ3v) is 2.07. The lowest BCUT2D eigenvalue weighted by molar-refractivity contribution is 0.0625. The van der Waals surface area contributed by atoms with Crippen LogP contribution in [-0.2, 0) is 5.54 Å². The Hall–Kier alpha value is -1.47. The van der Waals surface area contributed by atoms with Crippen LogP contribution in [0.1, 0.15) is 18.1 Å². The molecule has 4 heteroatoms. The number of rotatable bonds is 2. The molecule has 2 nitrogen and oxygen atoms in total. The predicted octanol–water partition coefficient (Wildman–Crippen LogP) is 2.00. The maximum Gasteiger partial charge on any atom is 0.260 e. The van der Waals surface area contributed by atoms with Gasteiger partial charge in [-0.15, -0.1) is 0 Å². The van der Waals surface area contributed by atoms with Crippen molar-refractivity contribution < 1.29 is 8.78 Å². The van der Waals surface area contributed by atoms with Crippen LogP contribution in [0, 0.1) is 11.3 Å². The van der Waals surface area contributed by atoms with Crippen molar-refractivity contribution in [1.82, 2.24) is 0 Å². The van der Waals surface area contributed by atoms with E-state index in [0.29, 0.717) is 5.56 Å². The molecule has 1 aromatic rings. The minimum atomic E-state index is -2.66. The first-order valence-electron chi connectivity index (χ1n) is 4.06. The van der Waals surface area contributed by atoms with E-state index in [1.807, 2.05) is 6.07 Å². The highest BCUT2D eigenvalue weighted by molar-refractivity contribution is 5.36. The van der Waals surface area contributed by atoms with Crippen LogP contribution in [0.5, 0.6) is 0 Å². The fourth-order valence-corrected chi connectivity index (χ4v) is 1.05. The Labute approximate surface area is 81.0 Å². The van der Waals surface area contributed by atoms with Crippen LogP contribution in [0.2, 0.25) is 0 Å². The van der Waals surface area contributed by atoms with E-state index < -0.39 is 12.0 Å². The Morgan fingerprint density at radius 2 is 2.14 bits per heavy atom. The van der Waals surface area contributed by atoms with Gasteiger partial charge in [-0.05, 0) is 24.6 Å².